The quantitative estimate of drug-likeness (QED) is 0.436. The fraction of sp³-hybridized carbons (Fsp3) is 0.429. The van der Waals surface area contributed by atoms with Crippen LogP contribution in [0.2, 0.25) is 0 Å². The number of rotatable bonds is 0. The third-order valence-electron chi connectivity index (χ3n) is 0.866. The molecule has 0 aromatic carbocycles. The van der Waals surface area contributed by atoms with Crippen LogP contribution < -0.4 is 0 Å². The van der Waals surface area contributed by atoms with E-state index in [1.807, 2.05) is 0 Å². The van der Waals surface area contributed by atoms with Gasteiger partial charge in [-0.25, -0.2) is 0 Å². The van der Waals surface area contributed by atoms with Gasteiger partial charge < -0.3 is 5.11 Å². The summed E-state index contributed by atoms with van der Waals surface area (Å²) >= 11 is 0. The molecule has 0 saturated carbocycles. The van der Waals surface area contributed by atoms with Gasteiger partial charge in [0.25, 0.3) is 0 Å². The maximum atomic E-state index is 8.81. The Morgan fingerprint density at radius 2 is 2.12 bits per heavy atom. The summed E-state index contributed by atoms with van der Waals surface area (Å²) in [5.41, 5.74) is 0. The molecule has 8 heavy (non-hydrogen) atoms. The predicted molar refractivity (Wildman–Crippen MR) is 30.8 cm³/mol. The third kappa shape index (κ3) is 1.30. The van der Waals surface area contributed by atoms with Crippen LogP contribution in [0.25, 0.3) is 0 Å². The fourth-order valence-corrected chi connectivity index (χ4v) is 0.495. The van der Waals surface area contributed by atoms with E-state index in [0.29, 0.717) is 12.8 Å². The van der Waals surface area contributed by atoms with Crippen molar-refractivity contribution in [1.82, 2.24) is 0 Å². The number of aliphatic hydroxyl groups is 1. The lowest BCUT2D eigenvalue weighted by Crippen LogP contribution is -1.98. The molecule has 0 aromatic heterocycles. The Hall–Kier alpha value is -0.920. The largest absolute Gasteiger partial charge is 0.379 e. The van der Waals surface area contributed by atoms with Crippen LogP contribution in [0, 0.1) is 23.7 Å². The van der Waals surface area contributed by atoms with Gasteiger partial charge in [-0.3, -0.25) is 0 Å². The SMILES string of the molecule is OC1C#CCC#CC1. The van der Waals surface area contributed by atoms with Crippen molar-refractivity contribution in [2.75, 3.05) is 0 Å². The molecular formula is C7H6O. The maximum absolute atomic E-state index is 8.81. The molecular weight excluding hydrogens is 100 g/mol. The first-order chi connectivity index (χ1) is 3.89. The van der Waals surface area contributed by atoms with E-state index in [4.69, 9.17) is 5.11 Å². The summed E-state index contributed by atoms with van der Waals surface area (Å²) in [5.74, 6) is 10.9. The van der Waals surface area contributed by atoms with Crippen molar-refractivity contribution in [3.8, 4) is 23.7 Å². The van der Waals surface area contributed by atoms with Gasteiger partial charge in [-0.05, 0) is 0 Å². The first-order valence-corrected chi connectivity index (χ1v) is 2.52. The molecule has 0 heterocycles. The van der Waals surface area contributed by atoms with Crippen molar-refractivity contribution in [3.05, 3.63) is 0 Å². The topological polar surface area (TPSA) is 20.2 Å². The first-order valence-electron chi connectivity index (χ1n) is 2.52. The highest BCUT2D eigenvalue weighted by Crippen LogP contribution is 1.90. The van der Waals surface area contributed by atoms with Gasteiger partial charge in [0.2, 0.25) is 0 Å². The van der Waals surface area contributed by atoms with Crippen molar-refractivity contribution in [2.24, 2.45) is 0 Å². The Bertz CT molecular complexity index is 184. The highest BCUT2D eigenvalue weighted by atomic mass is 16.3. The lowest BCUT2D eigenvalue weighted by Gasteiger charge is -1.90. The third-order valence-corrected chi connectivity index (χ3v) is 0.866. The molecule has 0 radical (unpaired) electrons. The smallest absolute Gasteiger partial charge is 0.125 e. The highest BCUT2D eigenvalue weighted by molar-refractivity contribution is 5.19. The standard InChI is InChI=1S/C7H6O/c8-7-5-3-1-2-4-6-7/h7-8H,1,6H2. The van der Waals surface area contributed by atoms with Crippen LogP contribution in [0.3, 0.4) is 0 Å². The molecule has 0 saturated heterocycles. The summed E-state index contributed by atoms with van der Waals surface area (Å²) in [6.07, 6.45) is 0.606. The molecule has 1 atom stereocenters. The zero-order valence-electron chi connectivity index (χ0n) is 4.44. The molecule has 0 aromatic rings. The van der Waals surface area contributed by atoms with Gasteiger partial charge in [-0.15, -0.1) is 0 Å². The molecule has 40 valence electrons. The second-order valence-electron chi connectivity index (χ2n) is 1.57. The van der Waals surface area contributed by atoms with Crippen LogP contribution in [0.4, 0.5) is 0 Å². The molecule has 0 aliphatic heterocycles. The number of aliphatic hydroxyl groups excluding tert-OH is 1. The molecule has 1 N–H and O–H groups in total. The van der Waals surface area contributed by atoms with Gasteiger partial charge in [0.1, 0.15) is 6.10 Å². The van der Waals surface area contributed by atoms with E-state index in [0.717, 1.165) is 0 Å². The normalized spacial score (nSPS) is 23.9. The van der Waals surface area contributed by atoms with E-state index in [2.05, 4.69) is 23.7 Å². The molecule has 1 heteroatoms. The summed E-state index contributed by atoms with van der Waals surface area (Å²) in [5, 5.41) is 8.81. The summed E-state index contributed by atoms with van der Waals surface area (Å²) in [6.45, 7) is 0. The zero-order chi connectivity index (χ0) is 5.82. The van der Waals surface area contributed by atoms with E-state index >= 15 is 0 Å². The fourth-order valence-electron chi connectivity index (χ4n) is 0.495. The minimum absolute atomic E-state index is 0.507. The van der Waals surface area contributed by atoms with E-state index in [-0.39, 0.29) is 0 Å². The summed E-state index contributed by atoms with van der Waals surface area (Å²) in [7, 11) is 0. The Morgan fingerprint density at radius 3 is 3.00 bits per heavy atom. The van der Waals surface area contributed by atoms with Gasteiger partial charge in [-0.2, -0.15) is 0 Å². The molecule has 0 bridgehead atoms. The second-order valence-corrected chi connectivity index (χ2v) is 1.57. The van der Waals surface area contributed by atoms with E-state index in [1.54, 1.807) is 0 Å². The summed E-state index contributed by atoms with van der Waals surface area (Å²) in [6, 6.07) is 0. The van der Waals surface area contributed by atoms with Gasteiger partial charge in [0.15, 0.2) is 0 Å². The monoisotopic (exact) mass is 106 g/mol. The van der Waals surface area contributed by atoms with Crippen molar-refractivity contribution in [3.63, 3.8) is 0 Å². The second kappa shape index (κ2) is 2.40. The average molecular weight is 106 g/mol. The van der Waals surface area contributed by atoms with Crippen LogP contribution >= 0.6 is 0 Å². The minimum atomic E-state index is -0.509. The molecule has 0 spiro atoms. The molecule has 1 aliphatic carbocycles. The minimum Gasteiger partial charge on any atom is -0.379 e. The Kier molecular flexibility index (Phi) is 1.57. The van der Waals surface area contributed by atoms with Gasteiger partial charge in [0.05, 0.1) is 6.42 Å². The van der Waals surface area contributed by atoms with Gasteiger partial charge in [-0.1, -0.05) is 23.7 Å². The lowest BCUT2D eigenvalue weighted by atomic mass is 10.3. The van der Waals surface area contributed by atoms with Crippen LogP contribution in [0.15, 0.2) is 0 Å². The van der Waals surface area contributed by atoms with Crippen LogP contribution in [-0.4, -0.2) is 11.2 Å². The van der Waals surface area contributed by atoms with Gasteiger partial charge >= 0.3 is 0 Å². The van der Waals surface area contributed by atoms with Crippen molar-refractivity contribution >= 4 is 0 Å². The molecule has 1 rings (SSSR count). The molecule has 1 aliphatic rings. The predicted octanol–water partition coefficient (Wildman–Crippen LogP) is 0.148. The molecule has 0 amide bonds. The van der Waals surface area contributed by atoms with Crippen LogP contribution in [0.1, 0.15) is 12.8 Å². The van der Waals surface area contributed by atoms with E-state index < -0.39 is 6.10 Å². The number of hydrogen-bond acceptors (Lipinski definition) is 1. The lowest BCUT2D eigenvalue weighted by molar-refractivity contribution is 0.239. The molecule has 1 nitrogen and oxygen atoms in total. The van der Waals surface area contributed by atoms with Crippen molar-refractivity contribution in [1.29, 1.82) is 0 Å². The first kappa shape index (κ1) is 5.22. The maximum Gasteiger partial charge on any atom is 0.125 e. The average Bonchev–Trinajstić information content (AvgIpc) is 1.94. The van der Waals surface area contributed by atoms with E-state index in [1.165, 1.54) is 0 Å². The van der Waals surface area contributed by atoms with Crippen LogP contribution in [-0.2, 0) is 0 Å². The number of hydrogen-bond donors (Lipinski definition) is 1. The zero-order valence-corrected chi connectivity index (χ0v) is 4.44. The Balaban J connectivity index is 2.62. The van der Waals surface area contributed by atoms with Gasteiger partial charge in [0, 0.05) is 6.42 Å². The Morgan fingerprint density at radius 1 is 1.25 bits per heavy atom. The van der Waals surface area contributed by atoms with Crippen molar-refractivity contribution < 1.29 is 5.11 Å². The molecule has 1 unspecified atom stereocenters. The summed E-state index contributed by atoms with van der Waals surface area (Å²) in [4.78, 5) is 0. The summed E-state index contributed by atoms with van der Waals surface area (Å²) < 4.78 is 0. The highest BCUT2D eigenvalue weighted by Gasteiger charge is 1.94. The molecule has 0 fully saturated rings. The van der Waals surface area contributed by atoms with Crippen LogP contribution in [0.5, 0.6) is 0 Å². The van der Waals surface area contributed by atoms with E-state index in [9.17, 15) is 0 Å². The van der Waals surface area contributed by atoms with Crippen molar-refractivity contribution in [2.45, 2.75) is 18.9 Å². The Labute approximate surface area is 48.7 Å².